The van der Waals surface area contributed by atoms with E-state index in [1.165, 1.54) is 0 Å². The Balaban J connectivity index is 2.61. The van der Waals surface area contributed by atoms with Gasteiger partial charge in [0.05, 0.1) is 0 Å². The third-order valence-corrected chi connectivity index (χ3v) is 2.29. The molecule has 0 aliphatic carbocycles. The summed E-state index contributed by atoms with van der Waals surface area (Å²) in [5.74, 6) is 0.932. The first-order valence-electron chi connectivity index (χ1n) is 5.02. The summed E-state index contributed by atoms with van der Waals surface area (Å²) in [7, 11) is 1.73. The molecule has 4 heteroatoms. The summed E-state index contributed by atoms with van der Waals surface area (Å²) >= 11 is 0. The minimum Gasteiger partial charge on any atom is -0.330 e. The van der Waals surface area contributed by atoms with Gasteiger partial charge in [-0.3, -0.25) is 9.69 Å². The van der Waals surface area contributed by atoms with Crippen LogP contribution in [-0.2, 0) is 4.79 Å². The predicted molar refractivity (Wildman–Crippen MR) is 60.5 cm³/mol. The number of pyridine rings is 1. The van der Waals surface area contributed by atoms with Crippen LogP contribution in [0.5, 0.6) is 0 Å². The molecule has 0 saturated carbocycles. The quantitative estimate of drug-likeness (QED) is 0.802. The van der Waals surface area contributed by atoms with Crippen molar-refractivity contribution in [1.29, 1.82) is 0 Å². The number of carbonyl (C=O) groups is 1. The van der Waals surface area contributed by atoms with Crippen molar-refractivity contribution in [2.75, 3.05) is 18.5 Å². The van der Waals surface area contributed by atoms with Gasteiger partial charge in [0, 0.05) is 19.7 Å². The van der Waals surface area contributed by atoms with Crippen LogP contribution in [0.15, 0.2) is 24.4 Å². The predicted octanol–water partition coefficient (Wildman–Crippen LogP) is 1.03. The summed E-state index contributed by atoms with van der Waals surface area (Å²) < 4.78 is 0. The first-order valence-corrected chi connectivity index (χ1v) is 5.02. The summed E-state index contributed by atoms with van der Waals surface area (Å²) in [6.45, 7) is 2.49. The molecule has 15 heavy (non-hydrogen) atoms. The molecule has 0 saturated heterocycles. The molecular formula is C11H17N3O. The molecular weight excluding hydrogens is 190 g/mol. The second-order valence-electron chi connectivity index (χ2n) is 3.69. The zero-order valence-electron chi connectivity index (χ0n) is 9.18. The first kappa shape index (κ1) is 11.7. The Hall–Kier alpha value is -1.42. The molecule has 0 aliphatic rings. The highest BCUT2D eigenvalue weighted by molar-refractivity contribution is 5.91. The van der Waals surface area contributed by atoms with Gasteiger partial charge in [-0.05, 0) is 24.6 Å². The first-order chi connectivity index (χ1) is 7.15. The molecule has 0 radical (unpaired) electrons. The summed E-state index contributed by atoms with van der Waals surface area (Å²) in [4.78, 5) is 17.4. The molecule has 0 fully saturated rings. The third kappa shape index (κ3) is 3.32. The minimum atomic E-state index is 0.0478. The van der Waals surface area contributed by atoms with Crippen LogP contribution in [0, 0.1) is 5.92 Å². The van der Waals surface area contributed by atoms with Crippen LogP contribution in [0.1, 0.15) is 13.3 Å². The lowest BCUT2D eigenvalue weighted by molar-refractivity contribution is -0.119. The average molecular weight is 207 g/mol. The van der Waals surface area contributed by atoms with E-state index in [1.807, 2.05) is 25.1 Å². The monoisotopic (exact) mass is 207 g/mol. The van der Waals surface area contributed by atoms with E-state index in [-0.39, 0.29) is 11.8 Å². The molecule has 1 unspecified atom stereocenters. The number of hydrogen-bond donors (Lipinski definition) is 1. The van der Waals surface area contributed by atoms with Crippen molar-refractivity contribution < 1.29 is 4.79 Å². The van der Waals surface area contributed by atoms with Crippen molar-refractivity contribution in [3.63, 3.8) is 0 Å². The van der Waals surface area contributed by atoms with Gasteiger partial charge < -0.3 is 5.73 Å². The summed E-state index contributed by atoms with van der Waals surface area (Å²) in [5.41, 5.74) is 5.47. The maximum absolute atomic E-state index is 11.7. The second kappa shape index (κ2) is 5.46. The highest BCUT2D eigenvalue weighted by Crippen LogP contribution is 2.10. The van der Waals surface area contributed by atoms with Crippen LogP contribution in [-0.4, -0.2) is 24.5 Å². The molecule has 4 nitrogen and oxygen atoms in total. The van der Waals surface area contributed by atoms with Gasteiger partial charge >= 0.3 is 0 Å². The molecule has 1 atom stereocenters. The molecule has 0 bridgehead atoms. The third-order valence-electron chi connectivity index (χ3n) is 2.29. The van der Waals surface area contributed by atoms with Gasteiger partial charge in [-0.25, -0.2) is 4.98 Å². The molecule has 1 heterocycles. The van der Waals surface area contributed by atoms with Crippen LogP contribution >= 0.6 is 0 Å². The van der Waals surface area contributed by atoms with Crippen molar-refractivity contribution in [3.05, 3.63) is 24.4 Å². The van der Waals surface area contributed by atoms with Gasteiger partial charge in [-0.15, -0.1) is 0 Å². The zero-order valence-corrected chi connectivity index (χ0v) is 9.18. The van der Waals surface area contributed by atoms with Gasteiger partial charge in [-0.2, -0.15) is 0 Å². The van der Waals surface area contributed by atoms with Crippen molar-refractivity contribution in [2.24, 2.45) is 11.7 Å². The molecule has 1 aromatic heterocycles. The fourth-order valence-corrected chi connectivity index (χ4v) is 1.20. The van der Waals surface area contributed by atoms with Gasteiger partial charge in [0.2, 0.25) is 5.91 Å². The Morgan fingerprint density at radius 3 is 2.87 bits per heavy atom. The van der Waals surface area contributed by atoms with Crippen LogP contribution in [0.3, 0.4) is 0 Å². The summed E-state index contributed by atoms with van der Waals surface area (Å²) in [6.07, 6.45) is 2.13. The Bertz CT molecular complexity index is 313. The second-order valence-corrected chi connectivity index (χ2v) is 3.69. The molecule has 1 rings (SSSR count). The lowest BCUT2D eigenvalue weighted by Crippen LogP contribution is -2.29. The molecule has 0 aromatic carbocycles. The molecule has 1 amide bonds. The molecule has 2 N–H and O–H groups in total. The lowest BCUT2D eigenvalue weighted by atomic mass is 10.1. The lowest BCUT2D eigenvalue weighted by Gasteiger charge is -2.17. The maximum Gasteiger partial charge on any atom is 0.228 e. The topological polar surface area (TPSA) is 59.2 Å². The number of nitrogens with zero attached hydrogens (tertiary/aromatic N) is 2. The van der Waals surface area contributed by atoms with Crippen molar-refractivity contribution in [2.45, 2.75) is 13.3 Å². The van der Waals surface area contributed by atoms with Crippen LogP contribution in [0.25, 0.3) is 0 Å². The van der Waals surface area contributed by atoms with E-state index < -0.39 is 0 Å². The maximum atomic E-state index is 11.7. The van der Waals surface area contributed by atoms with Crippen molar-refractivity contribution in [1.82, 2.24) is 4.98 Å². The van der Waals surface area contributed by atoms with Crippen LogP contribution in [0.2, 0.25) is 0 Å². The standard InChI is InChI=1S/C11H17N3O/c1-9(8-12)7-11(15)14(2)10-5-3-4-6-13-10/h3-6,9H,7-8,12H2,1-2H3. The van der Waals surface area contributed by atoms with Crippen LogP contribution in [0.4, 0.5) is 5.82 Å². The number of hydrogen-bond acceptors (Lipinski definition) is 3. The molecule has 0 spiro atoms. The van der Waals surface area contributed by atoms with E-state index in [4.69, 9.17) is 5.73 Å². The van der Waals surface area contributed by atoms with Gasteiger partial charge in [0.1, 0.15) is 5.82 Å². The number of carbonyl (C=O) groups excluding carboxylic acids is 1. The normalized spacial score (nSPS) is 12.2. The fraction of sp³-hybridized carbons (Fsp3) is 0.455. The van der Waals surface area contributed by atoms with E-state index >= 15 is 0 Å². The highest BCUT2D eigenvalue weighted by Gasteiger charge is 2.14. The van der Waals surface area contributed by atoms with Crippen LogP contribution < -0.4 is 10.6 Å². The van der Waals surface area contributed by atoms with E-state index in [0.29, 0.717) is 18.8 Å². The number of aromatic nitrogens is 1. The van der Waals surface area contributed by atoms with Crippen molar-refractivity contribution >= 4 is 11.7 Å². The molecule has 1 aromatic rings. The summed E-state index contributed by atoms with van der Waals surface area (Å²) in [5, 5.41) is 0. The number of nitrogens with two attached hydrogens (primary N) is 1. The Kier molecular flexibility index (Phi) is 4.24. The smallest absolute Gasteiger partial charge is 0.228 e. The highest BCUT2D eigenvalue weighted by atomic mass is 16.2. The van der Waals surface area contributed by atoms with E-state index in [1.54, 1.807) is 18.1 Å². The molecule has 0 aliphatic heterocycles. The van der Waals surface area contributed by atoms with E-state index in [2.05, 4.69) is 4.98 Å². The van der Waals surface area contributed by atoms with E-state index in [9.17, 15) is 4.79 Å². The number of amides is 1. The van der Waals surface area contributed by atoms with Gasteiger partial charge in [-0.1, -0.05) is 13.0 Å². The fourth-order valence-electron chi connectivity index (χ4n) is 1.20. The Labute approximate surface area is 90.1 Å². The van der Waals surface area contributed by atoms with Gasteiger partial charge in [0.15, 0.2) is 0 Å². The number of anilines is 1. The Morgan fingerprint density at radius 2 is 2.33 bits per heavy atom. The Morgan fingerprint density at radius 1 is 1.60 bits per heavy atom. The largest absolute Gasteiger partial charge is 0.330 e. The SMILES string of the molecule is CC(CN)CC(=O)N(C)c1ccccn1. The van der Waals surface area contributed by atoms with Crippen molar-refractivity contribution in [3.8, 4) is 0 Å². The average Bonchev–Trinajstić information content (AvgIpc) is 2.29. The van der Waals surface area contributed by atoms with Gasteiger partial charge in [0.25, 0.3) is 0 Å². The number of rotatable bonds is 4. The summed E-state index contributed by atoms with van der Waals surface area (Å²) in [6, 6.07) is 5.49. The van der Waals surface area contributed by atoms with E-state index in [0.717, 1.165) is 0 Å². The molecule has 82 valence electrons. The minimum absolute atomic E-state index is 0.0478. The zero-order chi connectivity index (χ0) is 11.3.